The van der Waals surface area contributed by atoms with Gasteiger partial charge in [0.05, 0.1) is 17.5 Å². The van der Waals surface area contributed by atoms with Gasteiger partial charge in [0.2, 0.25) is 0 Å². The van der Waals surface area contributed by atoms with E-state index in [1.165, 1.54) is 0 Å². The first-order chi connectivity index (χ1) is 8.49. The minimum absolute atomic E-state index is 0.0871. The molecule has 0 bridgehead atoms. The van der Waals surface area contributed by atoms with Crippen LogP contribution in [-0.2, 0) is 11.2 Å². The summed E-state index contributed by atoms with van der Waals surface area (Å²) in [4.78, 5) is 15.2. The molecule has 96 valence electrons. The van der Waals surface area contributed by atoms with Gasteiger partial charge in [0.15, 0.2) is 0 Å². The molecule has 0 aliphatic heterocycles. The van der Waals surface area contributed by atoms with Gasteiger partial charge in [-0.25, -0.2) is 4.98 Å². The molecule has 0 saturated heterocycles. The molecule has 0 fully saturated rings. The minimum atomic E-state index is -0.810. The number of benzene rings is 1. The number of carbonyl (C=O) groups is 1. The summed E-state index contributed by atoms with van der Waals surface area (Å²) in [6.07, 6.45) is 0.517. The van der Waals surface area contributed by atoms with Crippen LogP contribution in [0.15, 0.2) is 18.2 Å². The maximum absolute atomic E-state index is 10.7. The number of hydrogen-bond donors (Lipinski definition) is 1. The van der Waals surface area contributed by atoms with Crippen molar-refractivity contribution in [1.29, 1.82) is 0 Å². The zero-order chi connectivity index (χ0) is 13.3. The van der Waals surface area contributed by atoms with Gasteiger partial charge in [-0.05, 0) is 32.0 Å². The second kappa shape index (κ2) is 4.98. The topological polar surface area (TPSA) is 55.1 Å². The molecule has 0 atom stereocenters. The summed E-state index contributed by atoms with van der Waals surface area (Å²) in [7, 11) is 0. The van der Waals surface area contributed by atoms with Gasteiger partial charge in [-0.3, -0.25) is 4.79 Å². The third-order valence-corrected chi connectivity index (χ3v) is 3.04. The van der Waals surface area contributed by atoms with Gasteiger partial charge < -0.3 is 9.67 Å². The average molecular weight is 267 g/mol. The standard InChI is InChI=1S/C13H15ClN2O2/c1-8(2)16-11-7-9(14)3-4-10(11)15-12(16)5-6-13(17)18/h3-4,7-8H,5-6H2,1-2H3,(H,17,18). The normalized spacial score (nSPS) is 11.3. The molecule has 0 saturated carbocycles. The Morgan fingerprint density at radius 1 is 1.50 bits per heavy atom. The number of aryl methyl sites for hydroxylation is 1. The van der Waals surface area contributed by atoms with E-state index in [0.717, 1.165) is 16.9 Å². The summed E-state index contributed by atoms with van der Waals surface area (Å²) in [5.41, 5.74) is 1.81. The van der Waals surface area contributed by atoms with Gasteiger partial charge in [0.25, 0.3) is 0 Å². The first-order valence-electron chi connectivity index (χ1n) is 5.87. The lowest BCUT2D eigenvalue weighted by Gasteiger charge is -2.12. The predicted molar refractivity (Wildman–Crippen MR) is 71.1 cm³/mol. The fraction of sp³-hybridized carbons (Fsp3) is 0.385. The van der Waals surface area contributed by atoms with Crippen LogP contribution >= 0.6 is 11.6 Å². The Morgan fingerprint density at radius 2 is 2.22 bits per heavy atom. The van der Waals surface area contributed by atoms with Crippen LogP contribution in [0.4, 0.5) is 0 Å². The molecule has 5 heteroatoms. The fourth-order valence-electron chi connectivity index (χ4n) is 2.09. The van der Waals surface area contributed by atoms with E-state index in [2.05, 4.69) is 4.98 Å². The molecule has 0 spiro atoms. The zero-order valence-corrected chi connectivity index (χ0v) is 11.1. The number of nitrogens with zero attached hydrogens (tertiary/aromatic N) is 2. The number of carboxylic acid groups (broad SMARTS) is 1. The molecule has 1 aromatic carbocycles. The van der Waals surface area contributed by atoms with Gasteiger partial charge in [0.1, 0.15) is 5.82 Å². The Hall–Kier alpha value is -1.55. The lowest BCUT2D eigenvalue weighted by Crippen LogP contribution is -2.08. The molecule has 2 aromatic rings. The number of carboxylic acids is 1. The summed E-state index contributed by atoms with van der Waals surface area (Å²) < 4.78 is 2.05. The number of hydrogen-bond acceptors (Lipinski definition) is 2. The highest BCUT2D eigenvalue weighted by atomic mass is 35.5. The number of aliphatic carboxylic acids is 1. The Kier molecular flexibility index (Phi) is 3.57. The van der Waals surface area contributed by atoms with Crippen LogP contribution in [0.5, 0.6) is 0 Å². The van der Waals surface area contributed by atoms with Gasteiger partial charge >= 0.3 is 5.97 Å². The van der Waals surface area contributed by atoms with Gasteiger partial charge in [-0.2, -0.15) is 0 Å². The molecule has 0 aliphatic rings. The van der Waals surface area contributed by atoms with Gasteiger partial charge in [-0.15, -0.1) is 0 Å². The molecule has 0 radical (unpaired) electrons. The molecule has 18 heavy (non-hydrogen) atoms. The molecule has 0 aliphatic carbocycles. The van der Waals surface area contributed by atoms with Gasteiger partial charge in [0, 0.05) is 17.5 Å². The van der Waals surface area contributed by atoms with E-state index in [1.54, 1.807) is 6.07 Å². The lowest BCUT2D eigenvalue weighted by atomic mass is 10.2. The lowest BCUT2D eigenvalue weighted by molar-refractivity contribution is -0.137. The van der Waals surface area contributed by atoms with Crippen molar-refractivity contribution in [1.82, 2.24) is 9.55 Å². The van der Waals surface area contributed by atoms with Crippen molar-refractivity contribution in [3.05, 3.63) is 29.0 Å². The van der Waals surface area contributed by atoms with E-state index in [-0.39, 0.29) is 12.5 Å². The maximum atomic E-state index is 10.7. The largest absolute Gasteiger partial charge is 0.481 e. The second-order valence-electron chi connectivity index (χ2n) is 4.52. The smallest absolute Gasteiger partial charge is 0.303 e. The van der Waals surface area contributed by atoms with Crippen molar-refractivity contribution in [3.8, 4) is 0 Å². The molecule has 0 amide bonds. The number of imidazole rings is 1. The monoisotopic (exact) mass is 266 g/mol. The average Bonchev–Trinajstić information content (AvgIpc) is 2.63. The summed E-state index contributed by atoms with van der Waals surface area (Å²) in [5, 5.41) is 9.43. The summed E-state index contributed by atoms with van der Waals surface area (Å²) in [6, 6.07) is 5.74. The molecule has 1 heterocycles. The molecule has 1 aromatic heterocycles. The highest BCUT2D eigenvalue weighted by Crippen LogP contribution is 2.24. The van der Waals surface area contributed by atoms with Crippen molar-refractivity contribution >= 4 is 28.6 Å². The van der Waals surface area contributed by atoms with Crippen molar-refractivity contribution in [3.63, 3.8) is 0 Å². The number of aromatic nitrogens is 2. The van der Waals surface area contributed by atoms with Crippen LogP contribution in [0, 0.1) is 0 Å². The van der Waals surface area contributed by atoms with Crippen molar-refractivity contribution in [2.75, 3.05) is 0 Å². The second-order valence-corrected chi connectivity index (χ2v) is 4.95. The third kappa shape index (κ3) is 2.48. The van der Waals surface area contributed by atoms with E-state index in [0.29, 0.717) is 11.4 Å². The number of rotatable bonds is 4. The van der Waals surface area contributed by atoms with E-state index in [1.807, 2.05) is 30.5 Å². The quantitative estimate of drug-likeness (QED) is 0.924. The van der Waals surface area contributed by atoms with Crippen molar-refractivity contribution < 1.29 is 9.90 Å². The number of fused-ring (bicyclic) bond motifs is 1. The van der Waals surface area contributed by atoms with E-state index in [4.69, 9.17) is 16.7 Å². The molecule has 1 N–H and O–H groups in total. The third-order valence-electron chi connectivity index (χ3n) is 2.80. The van der Waals surface area contributed by atoms with Crippen LogP contribution in [-0.4, -0.2) is 20.6 Å². The number of halogens is 1. The molecule has 2 rings (SSSR count). The van der Waals surface area contributed by atoms with Crippen LogP contribution in [0.1, 0.15) is 32.1 Å². The summed E-state index contributed by atoms with van der Waals surface area (Å²) in [5.74, 6) is -0.0138. The van der Waals surface area contributed by atoms with Crippen LogP contribution in [0.25, 0.3) is 11.0 Å². The van der Waals surface area contributed by atoms with E-state index < -0.39 is 5.97 Å². The Balaban J connectivity index is 2.51. The van der Waals surface area contributed by atoms with E-state index >= 15 is 0 Å². The van der Waals surface area contributed by atoms with Crippen LogP contribution < -0.4 is 0 Å². The van der Waals surface area contributed by atoms with Crippen LogP contribution in [0.2, 0.25) is 5.02 Å². The fourth-order valence-corrected chi connectivity index (χ4v) is 2.25. The first-order valence-corrected chi connectivity index (χ1v) is 6.25. The van der Waals surface area contributed by atoms with Gasteiger partial charge in [-0.1, -0.05) is 11.6 Å². The summed E-state index contributed by atoms with van der Waals surface area (Å²) >= 11 is 6.00. The zero-order valence-electron chi connectivity index (χ0n) is 10.4. The van der Waals surface area contributed by atoms with Crippen LogP contribution in [0.3, 0.4) is 0 Å². The van der Waals surface area contributed by atoms with E-state index in [9.17, 15) is 4.79 Å². The molecular formula is C13H15ClN2O2. The summed E-state index contributed by atoms with van der Waals surface area (Å²) in [6.45, 7) is 4.10. The maximum Gasteiger partial charge on any atom is 0.303 e. The highest BCUT2D eigenvalue weighted by Gasteiger charge is 2.14. The minimum Gasteiger partial charge on any atom is -0.481 e. The molecule has 4 nitrogen and oxygen atoms in total. The van der Waals surface area contributed by atoms with Crippen molar-refractivity contribution in [2.45, 2.75) is 32.7 Å². The Bertz CT molecular complexity index is 590. The predicted octanol–water partition coefficient (Wildman–Crippen LogP) is 3.29. The Morgan fingerprint density at radius 3 is 2.83 bits per heavy atom. The highest BCUT2D eigenvalue weighted by molar-refractivity contribution is 6.31. The van der Waals surface area contributed by atoms with Crippen molar-refractivity contribution in [2.24, 2.45) is 0 Å². The Labute approximate surface area is 110 Å². The molecule has 0 unspecified atom stereocenters. The molecular weight excluding hydrogens is 252 g/mol. The SMILES string of the molecule is CC(C)n1c(CCC(=O)O)nc2ccc(Cl)cc21. The first kappa shape index (κ1) is 12.9.